The van der Waals surface area contributed by atoms with E-state index in [4.69, 9.17) is 0 Å². The van der Waals surface area contributed by atoms with E-state index in [2.05, 4.69) is 15.0 Å². The molecule has 11 heteroatoms. The lowest BCUT2D eigenvalue weighted by Gasteiger charge is -2.21. The second-order valence-corrected chi connectivity index (χ2v) is 7.65. The van der Waals surface area contributed by atoms with E-state index in [-0.39, 0.29) is 18.1 Å². The molecule has 4 amide bonds. The van der Waals surface area contributed by atoms with Crippen LogP contribution in [0.3, 0.4) is 0 Å². The third-order valence-electron chi connectivity index (χ3n) is 5.35. The number of rotatable bonds is 6. The van der Waals surface area contributed by atoms with Crippen LogP contribution in [0.5, 0.6) is 5.75 Å². The summed E-state index contributed by atoms with van der Waals surface area (Å²) in [6, 6.07) is 13.1. The number of nitrogens with zero attached hydrogens (tertiary/aromatic N) is 3. The molecule has 1 unspecified atom stereocenters. The van der Waals surface area contributed by atoms with Crippen molar-refractivity contribution >= 4 is 29.2 Å². The molecule has 2 heterocycles. The Morgan fingerprint density at radius 3 is 2.40 bits per heavy atom. The molecule has 1 aliphatic rings. The van der Waals surface area contributed by atoms with Gasteiger partial charge in [0.25, 0.3) is 11.8 Å². The Hall–Kier alpha value is -4.41. The zero-order chi connectivity index (χ0) is 25.2. The SMILES string of the molecule is CC1C(=O)N(c2ccc(OC(F)(F)F)cc2)C(=O)N1Cc1ccncc1NC(=O)c1ccccc1. The van der Waals surface area contributed by atoms with Gasteiger partial charge in [0.05, 0.1) is 24.1 Å². The van der Waals surface area contributed by atoms with Crippen LogP contribution in [-0.2, 0) is 11.3 Å². The number of ether oxygens (including phenoxy) is 1. The summed E-state index contributed by atoms with van der Waals surface area (Å²) in [5, 5.41) is 2.77. The Bertz CT molecular complexity index is 1250. The zero-order valence-electron chi connectivity index (χ0n) is 18.3. The van der Waals surface area contributed by atoms with Crippen molar-refractivity contribution < 1.29 is 32.3 Å². The van der Waals surface area contributed by atoms with Crippen molar-refractivity contribution in [3.8, 4) is 5.75 Å². The van der Waals surface area contributed by atoms with Gasteiger partial charge < -0.3 is 15.0 Å². The van der Waals surface area contributed by atoms with Gasteiger partial charge in [-0.3, -0.25) is 14.6 Å². The van der Waals surface area contributed by atoms with Crippen LogP contribution in [0.2, 0.25) is 0 Å². The minimum atomic E-state index is -4.86. The molecule has 8 nitrogen and oxygen atoms in total. The van der Waals surface area contributed by atoms with Crippen LogP contribution in [0.15, 0.2) is 73.1 Å². The Morgan fingerprint density at radius 2 is 1.74 bits per heavy atom. The maximum absolute atomic E-state index is 13.1. The molecule has 1 aliphatic heterocycles. The molecule has 0 aliphatic carbocycles. The Morgan fingerprint density at radius 1 is 1.06 bits per heavy atom. The highest BCUT2D eigenvalue weighted by Crippen LogP contribution is 2.30. The van der Waals surface area contributed by atoms with Crippen molar-refractivity contribution in [2.75, 3.05) is 10.2 Å². The van der Waals surface area contributed by atoms with Gasteiger partial charge in [-0.05, 0) is 55.0 Å². The summed E-state index contributed by atoms with van der Waals surface area (Å²) in [7, 11) is 0. The molecule has 1 atom stereocenters. The number of hydrogen-bond acceptors (Lipinski definition) is 5. The number of alkyl halides is 3. The molecule has 2 aromatic carbocycles. The quantitative estimate of drug-likeness (QED) is 0.517. The van der Waals surface area contributed by atoms with Gasteiger partial charge in [0.2, 0.25) is 0 Å². The fourth-order valence-electron chi connectivity index (χ4n) is 3.59. The Balaban J connectivity index is 1.53. The highest BCUT2D eigenvalue weighted by Gasteiger charge is 2.43. The highest BCUT2D eigenvalue weighted by molar-refractivity contribution is 6.21. The van der Waals surface area contributed by atoms with Gasteiger partial charge in [-0.1, -0.05) is 18.2 Å². The number of urea groups is 1. The number of aromatic nitrogens is 1. The smallest absolute Gasteiger partial charge is 0.406 e. The van der Waals surface area contributed by atoms with E-state index in [1.807, 2.05) is 0 Å². The number of imide groups is 1. The first-order chi connectivity index (χ1) is 16.6. The maximum atomic E-state index is 13.1. The molecule has 0 radical (unpaired) electrons. The summed E-state index contributed by atoms with van der Waals surface area (Å²) in [5.74, 6) is -1.37. The van der Waals surface area contributed by atoms with Gasteiger partial charge in [0.1, 0.15) is 11.8 Å². The molecule has 0 bridgehead atoms. The number of benzene rings is 2. The topological polar surface area (TPSA) is 91.8 Å². The number of carbonyl (C=O) groups excluding carboxylic acids is 3. The van der Waals surface area contributed by atoms with Crippen LogP contribution >= 0.6 is 0 Å². The van der Waals surface area contributed by atoms with E-state index in [1.165, 1.54) is 29.4 Å². The number of carbonyl (C=O) groups is 3. The van der Waals surface area contributed by atoms with Gasteiger partial charge in [0, 0.05) is 11.8 Å². The van der Waals surface area contributed by atoms with Crippen LogP contribution in [0.4, 0.5) is 29.3 Å². The number of halogens is 3. The highest BCUT2D eigenvalue weighted by atomic mass is 19.4. The average molecular weight is 484 g/mol. The van der Waals surface area contributed by atoms with Crippen molar-refractivity contribution in [1.82, 2.24) is 9.88 Å². The predicted molar refractivity (Wildman–Crippen MR) is 120 cm³/mol. The Kier molecular flexibility index (Phi) is 6.41. The molecule has 180 valence electrons. The first kappa shape index (κ1) is 23.7. The van der Waals surface area contributed by atoms with Gasteiger partial charge in [-0.15, -0.1) is 13.2 Å². The minimum Gasteiger partial charge on any atom is -0.406 e. The normalized spacial score (nSPS) is 15.9. The number of amides is 4. The average Bonchev–Trinajstić information content (AvgIpc) is 3.03. The third kappa shape index (κ3) is 5.24. The molecule has 1 aromatic heterocycles. The zero-order valence-corrected chi connectivity index (χ0v) is 18.3. The number of nitrogens with one attached hydrogen (secondary N) is 1. The molecular formula is C24H19F3N4O4. The molecule has 4 rings (SSSR count). The fraction of sp³-hybridized carbons (Fsp3) is 0.167. The van der Waals surface area contributed by atoms with Crippen LogP contribution in [0.1, 0.15) is 22.8 Å². The van der Waals surface area contributed by atoms with Gasteiger partial charge >= 0.3 is 12.4 Å². The van der Waals surface area contributed by atoms with E-state index in [9.17, 15) is 27.6 Å². The van der Waals surface area contributed by atoms with Gasteiger partial charge in [-0.25, -0.2) is 9.69 Å². The third-order valence-corrected chi connectivity index (χ3v) is 5.35. The van der Waals surface area contributed by atoms with Crippen LogP contribution in [0, 0.1) is 0 Å². The van der Waals surface area contributed by atoms with E-state index < -0.39 is 30.1 Å². The standard InChI is InChI=1S/C24H19F3N4O4/c1-15-22(33)31(18-7-9-19(10-8-18)35-24(25,26)27)23(34)30(15)14-17-11-12-28-13-20(17)29-21(32)16-5-3-2-4-6-16/h2-13,15H,14H2,1H3,(H,29,32). The van der Waals surface area contributed by atoms with E-state index in [0.717, 1.165) is 17.0 Å². The van der Waals surface area contributed by atoms with E-state index in [0.29, 0.717) is 16.8 Å². The summed E-state index contributed by atoms with van der Waals surface area (Å²) in [6.45, 7) is 1.54. The lowest BCUT2D eigenvalue weighted by Crippen LogP contribution is -2.33. The lowest BCUT2D eigenvalue weighted by molar-refractivity contribution is -0.274. The largest absolute Gasteiger partial charge is 0.573 e. The fourth-order valence-corrected chi connectivity index (χ4v) is 3.59. The van der Waals surface area contributed by atoms with E-state index >= 15 is 0 Å². The molecule has 0 spiro atoms. The second-order valence-electron chi connectivity index (χ2n) is 7.65. The van der Waals surface area contributed by atoms with Crippen molar-refractivity contribution in [3.05, 3.63) is 84.2 Å². The van der Waals surface area contributed by atoms with Crippen molar-refractivity contribution in [3.63, 3.8) is 0 Å². The number of anilines is 2. The van der Waals surface area contributed by atoms with E-state index in [1.54, 1.807) is 43.3 Å². The monoisotopic (exact) mass is 484 g/mol. The van der Waals surface area contributed by atoms with Gasteiger partial charge in [-0.2, -0.15) is 0 Å². The van der Waals surface area contributed by atoms with Crippen molar-refractivity contribution in [2.45, 2.75) is 25.9 Å². The Labute approximate surface area is 197 Å². The van der Waals surface area contributed by atoms with Gasteiger partial charge in [0.15, 0.2) is 0 Å². The maximum Gasteiger partial charge on any atom is 0.573 e. The lowest BCUT2D eigenvalue weighted by atomic mass is 10.1. The molecule has 3 aromatic rings. The predicted octanol–water partition coefficient (Wildman–Crippen LogP) is 4.59. The first-order valence-corrected chi connectivity index (χ1v) is 10.4. The minimum absolute atomic E-state index is 0.00949. The van der Waals surface area contributed by atoms with Crippen LogP contribution in [0.25, 0.3) is 0 Å². The molecular weight excluding hydrogens is 465 g/mol. The molecule has 35 heavy (non-hydrogen) atoms. The number of hydrogen-bond donors (Lipinski definition) is 1. The van der Waals surface area contributed by atoms with Crippen molar-refractivity contribution in [2.24, 2.45) is 0 Å². The summed E-state index contributed by atoms with van der Waals surface area (Å²) in [5.41, 5.74) is 1.47. The summed E-state index contributed by atoms with van der Waals surface area (Å²) in [6.07, 6.45) is -1.91. The van der Waals surface area contributed by atoms with Crippen LogP contribution in [-0.4, -0.2) is 40.1 Å². The molecule has 1 fully saturated rings. The van der Waals surface area contributed by atoms with Crippen LogP contribution < -0.4 is 15.0 Å². The molecule has 1 saturated heterocycles. The first-order valence-electron chi connectivity index (χ1n) is 10.4. The summed E-state index contributed by atoms with van der Waals surface area (Å²) < 4.78 is 41.1. The summed E-state index contributed by atoms with van der Waals surface area (Å²) in [4.78, 5) is 44.8. The second kappa shape index (κ2) is 9.45. The number of pyridine rings is 1. The molecule has 0 saturated carbocycles. The summed E-state index contributed by atoms with van der Waals surface area (Å²) >= 11 is 0. The van der Waals surface area contributed by atoms with Crippen molar-refractivity contribution in [1.29, 1.82) is 0 Å². The molecule has 1 N–H and O–H groups in total.